The number of aromatic amines is 1. The molecule has 1 amide bonds. The predicted octanol–water partition coefficient (Wildman–Crippen LogP) is 1.40. The van der Waals surface area contributed by atoms with Gasteiger partial charge in [-0.15, -0.1) is 10.2 Å². The Morgan fingerprint density at radius 1 is 1.21 bits per heavy atom. The van der Waals surface area contributed by atoms with Crippen LogP contribution in [0.3, 0.4) is 0 Å². The highest BCUT2D eigenvalue weighted by atomic mass is 32.1. The summed E-state index contributed by atoms with van der Waals surface area (Å²) in [6.45, 7) is 3.79. The number of nitrogens with zero attached hydrogens (tertiary/aromatic N) is 5. The highest BCUT2D eigenvalue weighted by Gasteiger charge is 2.27. The van der Waals surface area contributed by atoms with Gasteiger partial charge in [-0.25, -0.2) is 0 Å². The van der Waals surface area contributed by atoms with Gasteiger partial charge < -0.3 is 10.6 Å². The fraction of sp³-hybridized carbons (Fsp3) is 0.316. The first-order valence-electron chi connectivity index (χ1n) is 9.54. The number of para-hydroxylation sites is 1. The number of amides is 1. The smallest absolute Gasteiger partial charge is 0.286 e. The molecule has 3 aromatic rings. The van der Waals surface area contributed by atoms with Crippen LogP contribution in [0.5, 0.6) is 0 Å². The number of nitrogens with one attached hydrogen (secondary N) is 3. The van der Waals surface area contributed by atoms with Crippen LogP contribution in [-0.4, -0.2) is 69.6 Å². The fourth-order valence-corrected chi connectivity index (χ4v) is 4.43. The standard InChI is InChI=1S/C19H20N8OS/c28-17(22-14-11-21-6-5-15(14)27-9-7-20-8-10-27)19-26-25-18(29-19)16-12-3-1-2-4-13(12)23-24-16/h1-4,6,11,15,20H,5,7-10H2,(H,22,28)(H,23,24). The first-order valence-corrected chi connectivity index (χ1v) is 10.4. The van der Waals surface area contributed by atoms with Gasteiger partial charge in [0.05, 0.1) is 17.3 Å². The summed E-state index contributed by atoms with van der Waals surface area (Å²) in [7, 11) is 0. The molecule has 1 unspecified atom stereocenters. The maximum absolute atomic E-state index is 12.8. The maximum Gasteiger partial charge on any atom is 0.286 e. The van der Waals surface area contributed by atoms with Crippen molar-refractivity contribution >= 4 is 34.4 Å². The molecular formula is C19H20N8OS. The summed E-state index contributed by atoms with van der Waals surface area (Å²) in [6, 6.07) is 7.94. The average Bonchev–Trinajstić information content (AvgIpc) is 3.42. The summed E-state index contributed by atoms with van der Waals surface area (Å²) in [6.07, 6.45) is 4.41. The van der Waals surface area contributed by atoms with Crippen molar-refractivity contribution in [1.82, 2.24) is 35.9 Å². The van der Waals surface area contributed by atoms with Crippen LogP contribution in [-0.2, 0) is 0 Å². The molecule has 3 N–H and O–H groups in total. The van der Waals surface area contributed by atoms with E-state index in [1.54, 1.807) is 6.20 Å². The Balaban J connectivity index is 1.34. The molecule has 148 valence electrons. The number of carbonyl (C=O) groups excluding carboxylic acids is 1. The number of rotatable bonds is 4. The van der Waals surface area contributed by atoms with Gasteiger partial charge >= 0.3 is 0 Å². The molecule has 4 heterocycles. The molecular weight excluding hydrogens is 388 g/mol. The third-order valence-corrected chi connectivity index (χ3v) is 6.08. The zero-order chi connectivity index (χ0) is 19.6. The maximum atomic E-state index is 12.8. The van der Waals surface area contributed by atoms with Gasteiger partial charge in [0.25, 0.3) is 5.91 Å². The zero-order valence-corrected chi connectivity index (χ0v) is 16.4. The molecule has 0 bridgehead atoms. The summed E-state index contributed by atoms with van der Waals surface area (Å²) in [5, 5.41) is 23.8. The molecule has 2 aromatic heterocycles. The van der Waals surface area contributed by atoms with Crippen LogP contribution in [0.4, 0.5) is 0 Å². The van der Waals surface area contributed by atoms with Crippen LogP contribution in [0.1, 0.15) is 16.2 Å². The lowest BCUT2D eigenvalue weighted by Crippen LogP contribution is -2.51. The van der Waals surface area contributed by atoms with Gasteiger partial charge in [0, 0.05) is 50.4 Å². The van der Waals surface area contributed by atoms with Crippen molar-refractivity contribution in [3.8, 4) is 10.7 Å². The number of carbonyl (C=O) groups is 1. The third kappa shape index (κ3) is 3.57. The molecule has 1 aromatic carbocycles. The van der Waals surface area contributed by atoms with Crippen molar-refractivity contribution in [2.75, 3.05) is 26.2 Å². The zero-order valence-electron chi connectivity index (χ0n) is 15.6. The lowest BCUT2D eigenvalue weighted by Gasteiger charge is -2.36. The van der Waals surface area contributed by atoms with Crippen molar-refractivity contribution in [3.63, 3.8) is 0 Å². The lowest BCUT2D eigenvalue weighted by atomic mass is 10.1. The molecule has 1 saturated heterocycles. The van der Waals surface area contributed by atoms with Crippen molar-refractivity contribution < 1.29 is 4.79 Å². The van der Waals surface area contributed by atoms with E-state index < -0.39 is 0 Å². The van der Waals surface area contributed by atoms with Gasteiger partial charge in [0.15, 0.2) is 5.01 Å². The molecule has 1 atom stereocenters. The number of H-pyrrole nitrogens is 1. The summed E-state index contributed by atoms with van der Waals surface area (Å²) < 4.78 is 0. The molecule has 0 saturated carbocycles. The lowest BCUT2D eigenvalue weighted by molar-refractivity contribution is 0.0951. The number of fused-ring (bicyclic) bond motifs is 1. The molecule has 1 fully saturated rings. The third-order valence-electron chi connectivity index (χ3n) is 5.15. The highest BCUT2D eigenvalue weighted by Crippen LogP contribution is 2.28. The molecule has 0 radical (unpaired) electrons. The van der Waals surface area contributed by atoms with Crippen LogP contribution in [0.15, 0.2) is 41.2 Å². The van der Waals surface area contributed by atoms with E-state index in [0.29, 0.717) is 15.7 Å². The molecule has 2 aliphatic rings. The van der Waals surface area contributed by atoms with Crippen LogP contribution < -0.4 is 10.6 Å². The molecule has 0 spiro atoms. The van der Waals surface area contributed by atoms with E-state index >= 15 is 0 Å². The Hall–Kier alpha value is -2.95. The van der Waals surface area contributed by atoms with Crippen molar-refractivity contribution in [3.05, 3.63) is 41.2 Å². The topological polar surface area (TPSA) is 111 Å². The van der Waals surface area contributed by atoms with Crippen LogP contribution in [0.25, 0.3) is 21.6 Å². The summed E-state index contributed by atoms with van der Waals surface area (Å²) in [5.74, 6) is -0.267. The first-order chi connectivity index (χ1) is 14.3. The van der Waals surface area contributed by atoms with E-state index in [1.165, 1.54) is 11.3 Å². The van der Waals surface area contributed by atoms with Gasteiger partial charge in [-0.2, -0.15) is 5.10 Å². The van der Waals surface area contributed by atoms with E-state index in [0.717, 1.165) is 49.2 Å². The highest BCUT2D eigenvalue weighted by molar-refractivity contribution is 7.16. The van der Waals surface area contributed by atoms with Gasteiger partial charge in [-0.3, -0.25) is 19.8 Å². The largest absolute Gasteiger partial charge is 0.321 e. The second-order valence-corrected chi connectivity index (χ2v) is 7.92. The minimum atomic E-state index is -0.267. The number of benzene rings is 1. The molecule has 10 heteroatoms. The van der Waals surface area contributed by atoms with Crippen LogP contribution >= 0.6 is 11.3 Å². The van der Waals surface area contributed by atoms with Gasteiger partial charge in [0.2, 0.25) is 5.01 Å². The first kappa shape index (κ1) is 18.1. The molecule has 9 nitrogen and oxygen atoms in total. The van der Waals surface area contributed by atoms with E-state index in [1.807, 2.05) is 30.5 Å². The molecule has 29 heavy (non-hydrogen) atoms. The Morgan fingerprint density at radius 3 is 2.97 bits per heavy atom. The minimum Gasteiger partial charge on any atom is -0.321 e. The number of hydrogen-bond donors (Lipinski definition) is 3. The molecule has 2 aliphatic heterocycles. The monoisotopic (exact) mass is 408 g/mol. The predicted molar refractivity (Wildman–Crippen MR) is 112 cm³/mol. The second-order valence-electron chi connectivity index (χ2n) is 6.94. The van der Waals surface area contributed by atoms with Crippen molar-refractivity contribution in [2.45, 2.75) is 12.5 Å². The normalized spacial score (nSPS) is 20.0. The minimum absolute atomic E-state index is 0.126. The SMILES string of the molecule is O=C(NC1=CN=CCC1N1CCNCC1)c1nnc(-c2n[nH]c3ccccc23)s1. The Morgan fingerprint density at radius 2 is 2.07 bits per heavy atom. The van der Waals surface area contributed by atoms with Crippen LogP contribution in [0, 0.1) is 0 Å². The van der Waals surface area contributed by atoms with E-state index in [2.05, 4.69) is 40.9 Å². The number of aliphatic imine (C=N–C) groups is 1. The summed E-state index contributed by atoms with van der Waals surface area (Å²) in [5.41, 5.74) is 2.44. The Labute approximate surface area is 170 Å². The van der Waals surface area contributed by atoms with Crippen molar-refractivity contribution in [2.24, 2.45) is 4.99 Å². The fourth-order valence-electron chi connectivity index (χ4n) is 3.68. The van der Waals surface area contributed by atoms with Gasteiger partial charge in [-0.05, 0) is 6.07 Å². The average molecular weight is 408 g/mol. The number of piperazine rings is 1. The van der Waals surface area contributed by atoms with Gasteiger partial charge in [0.1, 0.15) is 5.69 Å². The second kappa shape index (κ2) is 7.82. The van der Waals surface area contributed by atoms with Gasteiger partial charge in [-0.1, -0.05) is 29.5 Å². The number of aromatic nitrogens is 4. The van der Waals surface area contributed by atoms with E-state index in [9.17, 15) is 4.79 Å². The van der Waals surface area contributed by atoms with Crippen molar-refractivity contribution in [1.29, 1.82) is 0 Å². The molecule has 5 rings (SSSR count). The van der Waals surface area contributed by atoms with Crippen LogP contribution in [0.2, 0.25) is 0 Å². The summed E-state index contributed by atoms with van der Waals surface area (Å²) in [4.78, 5) is 19.4. The van der Waals surface area contributed by atoms with E-state index in [4.69, 9.17) is 0 Å². The summed E-state index contributed by atoms with van der Waals surface area (Å²) >= 11 is 1.23. The quantitative estimate of drug-likeness (QED) is 0.602. The molecule has 0 aliphatic carbocycles. The number of hydrogen-bond acceptors (Lipinski definition) is 8. The Bertz CT molecular complexity index is 1090. The van der Waals surface area contributed by atoms with E-state index in [-0.39, 0.29) is 11.9 Å². The Kier molecular flexibility index (Phi) is 4.88.